The van der Waals surface area contributed by atoms with Crippen LogP contribution in [0.4, 0.5) is 0 Å². The molecular formula is C28H25Cl3N2O4. The molecule has 0 bridgehead atoms. The molecule has 1 aliphatic rings. The van der Waals surface area contributed by atoms with Gasteiger partial charge >= 0.3 is 5.97 Å². The summed E-state index contributed by atoms with van der Waals surface area (Å²) in [5.41, 5.74) is 2.82. The Morgan fingerprint density at radius 3 is 2.38 bits per heavy atom. The number of nitrogens with zero attached hydrogens (tertiary/aromatic N) is 1. The van der Waals surface area contributed by atoms with Crippen molar-refractivity contribution in [3.8, 4) is 11.1 Å². The average molecular weight is 560 g/mol. The van der Waals surface area contributed by atoms with E-state index >= 15 is 0 Å². The van der Waals surface area contributed by atoms with Crippen LogP contribution in [0, 0.1) is 5.92 Å². The maximum Gasteiger partial charge on any atom is 0.326 e. The van der Waals surface area contributed by atoms with E-state index in [2.05, 4.69) is 5.32 Å². The molecule has 1 unspecified atom stereocenters. The van der Waals surface area contributed by atoms with Crippen molar-refractivity contribution in [2.75, 3.05) is 13.1 Å². The maximum atomic E-state index is 13.0. The van der Waals surface area contributed by atoms with E-state index in [0.717, 1.165) is 16.7 Å². The summed E-state index contributed by atoms with van der Waals surface area (Å²) in [6.45, 7) is 0.721. The highest BCUT2D eigenvalue weighted by atomic mass is 35.5. The predicted octanol–water partition coefficient (Wildman–Crippen LogP) is 5.98. The van der Waals surface area contributed by atoms with Crippen LogP contribution in [-0.2, 0) is 16.0 Å². The van der Waals surface area contributed by atoms with Crippen molar-refractivity contribution in [2.45, 2.75) is 25.3 Å². The number of piperidine rings is 1. The smallest absolute Gasteiger partial charge is 0.326 e. The van der Waals surface area contributed by atoms with Gasteiger partial charge in [-0.15, -0.1) is 0 Å². The zero-order valence-electron chi connectivity index (χ0n) is 19.8. The van der Waals surface area contributed by atoms with Crippen molar-refractivity contribution in [3.63, 3.8) is 0 Å². The monoisotopic (exact) mass is 558 g/mol. The summed E-state index contributed by atoms with van der Waals surface area (Å²) in [7, 11) is 0. The Hall–Kier alpha value is -3.06. The van der Waals surface area contributed by atoms with Crippen molar-refractivity contribution in [1.82, 2.24) is 10.2 Å². The topological polar surface area (TPSA) is 86.7 Å². The van der Waals surface area contributed by atoms with Crippen molar-refractivity contribution in [1.29, 1.82) is 0 Å². The van der Waals surface area contributed by atoms with E-state index in [9.17, 15) is 19.5 Å². The molecule has 1 heterocycles. The number of carbonyl (C=O) groups excluding carboxylic acids is 2. The molecule has 0 aromatic heterocycles. The third kappa shape index (κ3) is 6.63. The van der Waals surface area contributed by atoms with Crippen LogP contribution in [0.3, 0.4) is 0 Å². The number of carboxylic acids is 1. The highest BCUT2D eigenvalue weighted by molar-refractivity contribution is 6.36. The summed E-state index contributed by atoms with van der Waals surface area (Å²) in [5.74, 6) is -2.25. The first kappa shape index (κ1) is 27.0. The average Bonchev–Trinajstić information content (AvgIpc) is 2.89. The quantitative estimate of drug-likeness (QED) is 0.373. The second kappa shape index (κ2) is 12.0. The molecule has 0 aliphatic carbocycles. The SMILES string of the molecule is O=C(N[C@@H](Cc1ccc(-c2ccc(Cl)cc2Cl)cc1)C(=O)O)C1CCCN(C(=O)c2ccccc2Cl)C1. The Bertz CT molecular complexity index is 1310. The van der Waals surface area contributed by atoms with Crippen LogP contribution in [-0.4, -0.2) is 46.9 Å². The molecule has 3 aromatic carbocycles. The first-order valence-corrected chi connectivity index (χ1v) is 13.0. The molecule has 2 atom stereocenters. The van der Waals surface area contributed by atoms with Crippen LogP contribution < -0.4 is 5.32 Å². The largest absolute Gasteiger partial charge is 0.480 e. The highest BCUT2D eigenvalue weighted by Gasteiger charge is 2.32. The second-order valence-electron chi connectivity index (χ2n) is 8.99. The fourth-order valence-corrected chi connectivity index (χ4v) is 5.18. The van der Waals surface area contributed by atoms with Gasteiger partial charge in [-0.05, 0) is 48.2 Å². The zero-order valence-corrected chi connectivity index (χ0v) is 22.1. The molecule has 3 aromatic rings. The second-order valence-corrected chi connectivity index (χ2v) is 10.2. The fraction of sp³-hybridized carbons (Fsp3) is 0.250. The number of aliphatic carboxylic acids is 1. The van der Waals surface area contributed by atoms with E-state index in [1.807, 2.05) is 30.3 Å². The zero-order chi connectivity index (χ0) is 26.5. The van der Waals surface area contributed by atoms with Gasteiger partial charge in [0.1, 0.15) is 6.04 Å². The molecule has 4 rings (SSSR count). The number of benzene rings is 3. The number of nitrogens with one attached hydrogen (secondary N) is 1. The molecule has 9 heteroatoms. The van der Waals surface area contributed by atoms with E-state index in [4.69, 9.17) is 34.8 Å². The van der Waals surface area contributed by atoms with Crippen LogP contribution in [0.1, 0.15) is 28.8 Å². The Kier molecular flexibility index (Phi) is 8.75. The summed E-state index contributed by atoms with van der Waals surface area (Å²) in [6.07, 6.45) is 1.33. The van der Waals surface area contributed by atoms with Gasteiger partial charge < -0.3 is 15.3 Å². The molecule has 0 spiro atoms. The van der Waals surface area contributed by atoms with Crippen LogP contribution in [0.15, 0.2) is 66.7 Å². The molecular weight excluding hydrogens is 535 g/mol. The maximum absolute atomic E-state index is 13.0. The van der Waals surface area contributed by atoms with Crippen LogP contribution in [0.25, 0.3) is 11.1 Å². The number of amides is 2. The Morgan fingerprint density at radius 2 is 1.70 bits per heavy atom. The highest BCUT2D eigenvalue weighted by Crippen LogP contribution is 2.30. The van der Waals surface area contributed by atoms with Crippen molar-refractivity contribution in [2.24, 2.45) is 5.92 Å². The molecule has 1 saturated heterocycles. The molecule has 0 saturated carbocycles. The van der Waals surface area contributed by atoms with E-state index in [1.165, 1.54) is 0 Å². The number of halogens is 3. The fourth-order valence-electron chi connectivity index (χ4n) is 4.45. The summed E-state index contributed by atoms with van der Waals surface area (Å²) in [4.78, 5) is 39.5. The minimum atomic E-state index is -1.13. The summed E-state index contributed by atoms with van der Waals surface area (Å²) < 4.78 is 0. The number of likely N-dealkylation sites (tertiary alicyclic amines) is 1. The predicted molar refractivity (Wildman–Crippen MR) is 145 cm³/mol. The Labute approximate surface area is 230 Å². The Balaban J connectivity index is 1.40. The standard InChI is InChI=1S/C28H25Cl3N2O4/c29-20-11-12-21(24(31)15-20)18-9-7-17(8-10-18)14-25(28(36)37)32-26(34)19-4-3-13-33(16-19)27(35)22-5-1-2-6-23(22)30/h1-2,5-12,15,19,25H,3-4,13-14,16H2,(H,32,34)(H,36,37)/t19?,25-/m0/s1. The van der Waals surface area contributed by atoms with Gasteiger partial charge in [0.2, 0.25) is 5.91 Å². The summed E-state index contributed by atoms with van der Waals surface area (Å²) in [6, 6.07) is 18.3. The van der Waals surface area contributed by atoms with Gasteiger partial charge in [-0.1, -0.05) is 77.3 Å². The normalized spacial score (nSPS) is 16.2. The van der Waals surface area contributed by atoms with Gasteiger partial charge in [-0.2, -0.15) is 0 Å². The van der Waals surface area contributed by atoms with E-state index < -0.39 is 17.9 Å². The first-order valence-electron chi connectivity index (χ1n) is 11.8. The van der Waals surface area contributed by atoms with Crippen LogP contribution in [0.2, 0.25) is 15.1 Å². The van der Waals surface area contributed by atoms with Crippen LogP contribution >= 0.6 is 34.8 Å². The van der Waals surface area contributed by atoms with Gasteiger partial charge in [-0.25, -0.2) is 4.79 Å². The lowest BCUT2D eigenvalue weighted by Crippen LogP contribution is -2.50. The minimum absolute atomic E-state index is 0.116. The minimum Gasteiger partial charge on any atom is -0.480 e. The third-order valence-electron chi connectivity index (χ3n) is 6.43. The number of hydrogen-bond acceptors (Lipinski definition) is 3. The van der Waals surface area contributed by atoms with Gasteiger partial charge in [0, 0.05) is 35.1 Å². The lowest BCUT2D eigenvalue weighted by atomic mass is 9.95. The molecule has 37 heavy (non-hydrogen) atoms. The third-order valence-corrected chi connectivity index (χ3v) is 7.31. The van der Waals surface area contributed by atoms with Gasteiger partial charge in [0.05, 0.1) is 16.5 Å². The van der Waals surface area contributed by atoms with E-state index in [-0.39, 0.29) is 24.8 Å². The lowest BCUT2D eigenvalue weighted by molar-refractivity contribution is -0.142. The molecule has 2 amide bonds. The van der Waals surface area contributed by atoms with Crippen molar-refractivity contribution in [3.05, 3.63) is 92.9 Å². The van der Waals surface area contributed by atoms with Gasteiger partial charge in [-0.3, -0.25) is 9.59 Å². The first-order chi connectivity index (χ1) is 17.7. The van der Waals surface area contributed by atoms with Gasteiger partial charge in [0.25, 0.3) is 5.91 Å². The van der Waals surface area contributed by atoms with Crippen molar-refractivity contribution < 1.29 is 19.5 Å². The molecule has 2 N–H and O–H groups in total. The molecule has 6 nitrogen and oxygen atoms in total. The number of rotatable bonds is 7. The number of carboxylic acid groups (broad SMARTS) is 1. The van der Waals surface area contributed by atoms with E-state index in [1.54, 1.807) is 41.3 Å². The van der Waals surface area contributed by atoms with E-state index in [0.29, 0.717) is 40.0 Å². The van der Waals surface area contributed by atoms with Crippen LogP contribution in [0.5, 0.6) is 0 Å². The Morgan fingerprint density at radius 1 is 0.973 bits per heavy atom. The van der Waals surface area contributed by atoms with Crippen molar-refractivity contribution >= 4 is 52.6 Å². The summed E-state index contributed by atoms with van der Waals surface area (Å²) >= 11 is 18.4. The molecule has 1 aliphatic heterocycles. The van der Waals surface area contributed by atoms with Gasteiger partial charge in [0.15, 0.2) is 0 Å². The number of carbonyl (C=O) groups is 3. The number of hydrogen-bond donors (Lipinski definition) is 2. The lowest BCUT2D eigenvalue weighted by Gasteiger charge is -2.33. The summed E-state index contributed by atoms with van der Waals surface area (Å²) in [5, 5.41) is 13.9. The molecule has 0 radical (unpaired) electrons. The molecule has 192 valence electrons. The molecule has 1 fully saturated rings.